The highest BCUT2D eigenvalue weighted by Gasteiger charge is 2.15. The van der Waals surface area contributed by atoms with Gasteiger partial charge in [0, 0.05) is 12.1 Å². The van der Waals surface area contributed by atoms with E-state index >= 15 is 0 Å². The normalized spacial score (nSPS) is 12.3. The molecule has 0 saturated carbocycles. The predicted octanol–water partition coefficient (Wildman–Crippen LogP) is 4.19. The van der Waals surface area contributed by atoms with Crippen molar-refractivity contribution < 1.29 is 8.60 Å². The van der Waals surface area contributed by atoms with Crippen molar-refractivity contribution in [2.45, 2.75) is 10.9 Å². The molecule has 0 fully saturated rings. The van der Waals surface area contributed by atoms with Gasteiger partial charge >= 0.3 is 0 Å². The third-order valence-corrected chi connectivity index (χ3v) is 5.13. The lowest BCUT2D eigenvalue weighted by molar-refractivity contribution is 0.627. The van der Waals surface area contributed by atoms with Gasteiger partial charge in [0.1, 0.15) is 5.82 Å². The van der Waals surface area contributed by atoms with Crippen LogP contribution in [-0.2, 0) is 23.6 Å². The Bertz CT molecular complexity index is 844. The number of rotatable bonds is 4. The van der Waals surface area contributed by atoms with Crippen LogP contribution in [-0.4, -0.2) is 13.8 Å². The Balaban J connectivity index is 1.85. The van der Waals surface area contributed by atoms with Crippen LogP contribution in [0.3, 0.4) is 0 Å². The SMILES string of the molecule is Cn1c(-c2ccc(Cl)cc2)cnc1S(=O)Cc1ccc(F)cc1. The van der Waals surface area contributed by atoms with Crippen molar-refractivity contribution in [1.82, 2.24) is 9.55 Å². The van der Waals surface area contributed by atoms with Gasteiger partial charge in [0.15, 0.2) is 5.16 Å². The lowest BCUT2D eigenvalue weighted by Crippen LogP contribution is -2.05. The van der Waals surface area contributed by atoms with Crippen LogP contribution in [0.2, 0.25) is 5.02 Å². The van der Waals surface area contributed by atoms with Crippen molar-refractivity contribution in [3.05, 3.63) is 71.1 Å². The van der Waals surface area contributed by atoms with Crippen LogP contribution < -0.4 is 0 Å². The van der Waals surface area contributed by atoms with Crippen LogP contribution in [0, 0.1) is 5.82 Å². The fourth-order valence-corrected chi connectivity index (χ4v) is 3.61. The van der Waals surface area contributed by atoms with Gasteiger partial charge < -0.3 is 4.57 Å². The highest BCUT2D eigenvalue weighted by molar-refractivity contribution is 7.84. The number of imidazole rings is 1. The molecular formula is C17H14ClFN2OS. The summed E-state index contributed by atoms with van der Waals surface area (Å²) in [6.45, 7) is 0. The maximum absolute atomic E-state index is 12.9. The summed E-state index contributed by atoms with van der Waals surface area (Å²) in [5, 5.41) is 1.15. The van der Waals surface area contributed by atoms with E-state index in [0.717, 1.165) is 16.8 Å². The van der Waals surface area contributed by atoms with Gasteiger partial charge in [-0.15, -0.1) is 0 Å². The van der Waals surface area contributed by atoms with Crippen LogP contribution in [0.25, 0.3) is 11.3 Å². The number of nitrogens with zero attached hydrogens (tertiary/aromatic N) is 2. The topological polar surface area (TPSA) is 34.9 Å². The minimum Gasteiger partial charge on any atom is -0.320 e. The average molecular weight is 349 g/mol. The fourth-order valence-electron chi connectivity index (χ4n) is 2.29. The summed E-state index contributed by atoms with van der Waals surface area (Å²) in [7, 11) is 0.522. The molecule has 1 aromatic heterocycles. The second kappa shape index (κ2) is 6.64. The molecular weight excluding hydrogens is 335 g/mol. The highest BCUT2D eigenvalue weighted by Crippen LogP contribution is 2.23. The highest BCUT2D eigenvalue weighted by atomic mass is 35.5. The molecule has 23 heavy (non-hydrogen) atoms. The van der Waals surface area contributed by atoms with E-state index in [1.165, 1.54) is 12.1 Å². The molecule has 0 aliphatic carbocycles. The molecule has 1 heterocycles. The third-order valence-electron chi connectivity index (χ3n) is 3.50. The van der Waals surface area contributed by atoms with Gasteiger partial charge in [0.25, 0.3) is 0 Å². The second-order valence-corrected chi connectivity index (χ2v) is 6.89. The average Bonchev–Trinajstić information content (AvgIpc) is 2.92. The molecule has 3 rings (SSSR count). The molecule has 118 valence electrons. The molecule has 0 amide bonds. The third kappa shape index (κ3) is 3.51. The number of hydrogen-bond donors (Lipinski definition) is 0. The molecule has 0 N–H and O–H groups in total. The zero-order valence-electron chi connectivity index (χ0n) is 12.4. The van der Waals surface area contributed by atoms with Crippen LogP contribution in [0.4, 0.5) is 4.39 Å². The lowest BCUT2D eigenvalue weighted by Gasteiger charge is -2.06. The summed E-state index contributed by atoms with van der Waals surface area (Å²) in [5.74, 6) is -0.00731. The molecule has 0 aliphatic heterocycles. The van der Waals surface area contributed by atoms with Gasteiger partial charge in [-0.3, -0.25) is 4.21 Å². The summed E-state index contributed by atoms with van der Waals surface area (Å²) in [6.07, 6.45) is 1.70. The van der Waals surface area contributed by atoms with E-state index in [2.05, 4.69) is 4.98 Å². The molecule has 0 saturated heterocycles. The maximum Gasteiger partial charge on any atom is 0.199 e. The van der Waals surface area contributed by atoms with E-state index in [1.54, 1.807) is 30.5 Å². The summed E-state index contributed by atoms with van der Waals surface area (Å²) >= 11 is 5.90. The van der Waals surface area contributed by atoms with E-state index in [0.29, 0.717) is 15.9 Å². The van der Waals surface area contributed by atoms with E-state index in [4.69, 9.17) is 11.6 Å². The first kappa shape index (κ1) is 15.9. The van der Waals surface area contributed by atoms with Gasteiger partial charge in [0.2, 0.25) is 0 Å². The van der Waals surface area contributed by atoms with E-state index in [9.17, 15) is 8.60 Å². The Labute approximate surface area is 141 Å². The quantitative estimate of drug-likeness (QED) is 0.708. The number of aromatic nitrogens is 2. The first-order valence-corrected chi connectivity index (χ1v) is 8.65. The summed E-state index contributed by atoms with van der Waals surface area (Å²) < 4.78 is 27.3. The molecule has 0 aliphatic rings. The van der Waals surface area contributed by atoms with Crippen molar-refractivity contribution in [3.63, 3.8) is 0 Å². The molecule has 3 aromatic rings. The van der Waals surface area contributed by atoms with E-state index < -0.39 is 10.8 Å². The number of benzene rings is 2. The Morgan fingerprint density at radius 3 is 2.43 bits per heavy atom. The number of halogens is 2. The van der Waals surface area contributed by atoms with Gasteiger partial charge in [-0.1, -0.05) is 35.9 Å². The molecule has 0 radical (unpaired) electrons. The molecule has 1 unspecified atom stereocenters. The van der Waals surface area contributed by atoms with Crippen molar-refractivity contribution in [2.75, 3.05) is 0 Å². The van der Waals surface area contributed by atoms with Crippen molar-refractivity contribution in [3.8, 4) is 11.3 Å². The summed E-state index contributed by atoms with van der Waals surface area (Å²) in [4.78, 5) is 4.28. The zero-order chi connectivity index (χ0) is 16.4. The van der Waals surface area contributed by atoms with Crippen molar-refractivity contribution in [2.24, 2.45) is 7.05 Å². The van der Waals surface area contributed by atoms with Gasteiger partial charge in [-0.05, 0) is 35.4 Å². The maximum atomic E-state index is 12.9. The standard InChI is InChI=1S/C17H14ClFN2OS/c1-21-16(13-4-6-14(18)7-5-13)10-20-17(21)23(22)11-12-2-8-15(19)9-3-12/h2-10H,11H2,1H3. The molecule has 1 atom stereocenters. The van der Waals surface area contributed by atoms with Gasteiger partial charge in [-0.2, -0.15) is 0 Å². The van der Waals surface area contributed by atoms with Crippen LogP contribution in [0.15, 0.2) is 59.9 Å². The van der Waals surface area contributed by atoms with Crippen molar-refractivity contribution in [1.29, 1.82) is 0 Å². The van der Waals surface area contributed by atoms with Crippen LogP contribution >= 0.6 is 11.6 Å². The molecule has 3 nitrogen and oxygen atoms in total. The molecule has 2 aromatic carbocycles. The summed E-state index contributed by atoms with van der Waals surface area (Å²) in [6, 6.07) is 13.4. The Morgan fingerprint density at radius 1 is 1.13 bits per heavy atom. The Kier molecular flexibility index (Phi) is 4.59. The van der Waals surface area contributed by atoms with Crippen molar-refractivity contribution >= 4 is 22.4 Å². The first-order valence-electron chi connectivity index (χ1n) is 6.95. The molecule has 0 bridgehead atoms. The Morgan fingerprint density at radius 2 is 1.78 bits per heavy atom. The predicted molar refractivity (Wildman–Crippen MR) is 90.2 cm³/mol. The summed E-state index contributed by atoms with van der Waals surface area (Å²) in [5.41, 5.74) is 2.62. The second-order valence-electron chi connectivity index (χ2n) is 5.11. The smallest absolute Gasteiger partial charge is 0.199 e. The fraction of sp³-hybridized carbons (Fsp3) is 0.118. The minimum absolute atomic E-state index is 0.297. The Hall–Kier alpha value is -1.98. The number of hydrogen-bond acceptors (Lipinski definition) is 2. The monoisotopic (exact) mass is 348 g/mol. The van der Waals surface area contributed by atoms with Crippen LogP contribution in [0.1, 0.15) is 5.56 Å². The molecule has 0 spiro atoms. The van der Waals surface area contributed by atoms with Crippen LogP contribution in [0.5, 0.6) is 0 Å². The largest absolute Gasteiger partial charge is 0.320 e. The first-order chi connectivity index (χ1) is 11.0. The molecule has 6 heteroatoms. The van der Waals surface area contributed by atoms with E-state index in [1.807, 2.05) is 23.7 Å². The van der Waals surface area contributed by atoms with Gasteiger partial charge in [0.05, 0.1) is 28.4 Å². The lowest BCUT2D eigenvalue weighted by atomic mass is 10.2. The zero-order valence-corrected chi connectivity index (χ0v) is 13.9. The van der Waals surface area contributed by atoms with Gasteiger partial charge in [-0.25, -0.2) is 9.37 Å². The van der Waals surface area contributed by atoms with E-state index in [-0.39, 0.29) is 5.82 Å². The minimum atomic E-state index is -1.31.